The van der Waals surface area contributed by atoms with Crippen molar-refractivity contribution in [2.45, 2.75) is 25.3 Å². The predicted molar refractivity (Wildman–Crippen MR) is 89.0 cm³/mol. The molecule has 0 bridgehead atoms. The first-order valence-electron chi connectivity index (χ1n) is 7.70. The highest BCUT2D eigenvalue weighted by molar-refractivity contribution is 5.97. The van der Waals surface area contributed by atoms with Gasteiger partial charge in [0, 0.05) is 17.9 Å². The summed E-state index contributed by atoms with van der Waals surface area (Å²) in [5.41, 5.74) is 8.07. The maximum Gasteiger partial charge on any atom is 0.254 e. The fourth-order valence-electron chi connectivity index (χ4n) is 2.53. The quantitative estimate of drug-likeness (QED) is 0.559. The van der Waals surface area contributed by atoms with E-state index in [1.54, 1.807) is 0 Å². The van der Waals surface area contributed by atoms with Gasteiger partial charge in [-0.15, -0.1) is 5.10 Å². The number of amides is 1. The van der Waals surface area contributed by atoms with Crippen LogP contribution in [0, 0.1) is 0 Å². The molecule has 0 spiro atoms. The fraction of sp³-hybridized carbons (Fsp3) is 0.267. The second kappa shape index (κ2) is 5.76. The van der Waals surface area contributed by atoms with E-state index in [1.165, 1.54) is 12.6 Å². The molecule has 0 unspecified atom stereocenters. The Kier molecular flexibility index (Phi) is 3.45. The van der Waals surface area contributed by atoms with Crippen molar-refractivity contribution in [2.24, 2.45) is 5.73 Å². The first-order valence-corrected chi connectivity index (χ1v) is 7.70. The molecule has 1 amide bonds. The normalized spacial score (nSPS) is 14.3. The predicted octanol–water partition coefficient (Wildman–Crippen LogP) is 1.55. The zero-order valence-corrected chi connectivity index (χ0v) is 12.8. The molecule has 1 aliphatic rings. The number of benzene rings is 1. The van der Waals surface area contributed by atoms with Crippen molar-refractivity contribution in [1.82, 2.24) is 25.4 Å². The summed E-state index contributed by atoms with van der Waals surface area (Å²) in [6.45, 7) is 0. The second-order valence-corrected chi connectivity index (χ2v) is 5.76. The molecular formula is C15H16N8O. The molecule has 3 aromatic rings. The Bertz CT molecular complexity index is 901. The van der Waals surface area contributed by atoms with Crippen LogP contribution in [0.5, 0.6) is 0 Å². The van der Waals surface area contributed by atoms with Crippen LogP contribution in [0.2, 0.25) is 0 Å². The molecule has 0 aliphatic heterocycles. The molecular weight excluding hydrogens is 308 g/mol. The lowest BCUT2D eigenvalue weighted by molar-refractivity contribution is 0.100. The first-order chi connectivity index (χ1) is 11.7. The number of rotatable bonds is 5. The molecule has 1 fully saturated rings. The van der Waals surface area contributed by atoms with Crippen molar-refractivity contribution in [3.05, 3.63) is 30.0 Å². The molecule has 122 valence electrons. The number of carbonyl (C=O) groups excluding carboxylic acids is 1. The van der Waals surface area contributed by atoms with E-state index >= 15 is 0 Å². The van der Waals surface area contributed by atoms with Crippen LogP contribution >= 0.6 is 0 Å². The van der Waals surface area contributed by atoms with Crippen LogP contribution < -0.4 is 16.4 Å². The molecule has 1 aromatic carbocycles. The summed E-state index contributed by atoms with van der Waals surface area (Å²) in [7, 11) is 0. The van der Waals surface area contributed by atoms with E-state index in [0.717, 1.165) is 29.6 Å². The van der Waals surface area contributed by atoms with Crippen molar-refractivity contribution in [3.8, 4) is 0 Å². The number of aromatic nitrogens is 5. The van der Waals surface area contributed by atoms with Crippen LogP contribution in [-0.4, -0.2) is 37.3 Å². The Morgan fingerprint density at radius 3 is 2.96 bits per heavy atom. The van der Waals surface area contributed by atoms with Crippen molar-refractivity contribution >= 4 is 34.4 Å². The van der Waals surface area contributed by atoms with Crippen molar-refractivity contribution in [2.75, 3.05) is 10.6 Å². The molecule has 0 radical (unpaired) electrons. The maximum atomic E-state index is 11.6. The van der Waals surface area contributed by atoms with Crippen LogP contribution in [0.25, 0.3) is 11.0 Å². The van der Waals surface area contributed by atoms with Gasteiger partial charge in [0.25, 0.3) is 5.91 Å². The summed E-state index contributed by atoms with van der Waals surface area (Å²) < 4.78 is 0. The highest BCUT2D eigenvalue weighted by Crippen LogP contribution is 2.25. The van der Waals surface area contributed by atoms with E-state index in [9.17, 15) is 4.79 Å². The average molecular weight is 324 g/mol. The van der Waals surface area contributed by atoms with E-state index in [4.69, 9.17) is 5.73 Å². The lowest BCUT2D eigenvalue weighted by atomic mass is 9.93. The summed E-state index contributed by atoms with van der Waals surface area (Å²) in [5.74, 6) is 0.302. The average Bonchev–Trinajstić information content (AvgIpc) is 2.98. The number of nitrogens with zero attached hydrogens (tertiary/aromatic N) is 4. The van der Waals surface area contributed by atoms with Gasteiger partial charge in [-0.3, -0.25) is 9.89 Å². The molecule has 0 saturated heterocycles. The van der Waals surface area contributed by atoms with Crippen LogP contribution in [-0.2, 0) is 0 Å². The van der Waals surface area contributed by atoms with Gasteiger partial charge in [-0.2, -0.15) is 4.98 Å². The molecule has 2 aromatic heterocycles. The van der Waals surface area contributed by atoms with Gasteiger partial charge in [0.1, 0.15) is 11.3 Å². The minimum Gasteiger partial charge on any atom is -0.367 e. The van der Waals surface area contributed by atoms with E-state index in [0.29, 0.717) is 23.4 Å². The number of primary amides is 1. The van der Waals surface area contributed by atoms with Gasteiger partial charge in [0.2, 0.25) is 5.95 Å². The topological polar surface area (TPSA) is 134 Å². The van der Waals surface area contributed by atoms with Gasteiger partial charge in [-0.25, -0.2) is 4.98 Å². The largest absolute Gasteiger partial charge is 0.367 e. The lowest BCUT2D eigenvalue weighted by Crippen LogP contribution is -2.29. The highest BCUT2D eigenvalue weighted by Gasteiger charge is 2.21. The number of H-pyrrole nitrogens is 1. The summed E-state index contributed by atoms with van der Waals surface area (Å²) in [6.07, 6.45) is 4.75. The molecule has 2 heterocycles. The van der Waals surface area contributed by atoms with Gasteiger partial charge < -0.3 is 16.4 Å². The van der Waals surface area contributed by atoms with Gasteiger partial charge in [0.05, 0.1) is 11.1 Å². The van der Waals surface area contributed by atoms with E-state index in [1.807, 2.05) is 18.2 Å². The minimum absolute atomic E-state index is 0.292. The number of hydrogen-bond acceptors (Lipinski definition) is 7. The third-order valence-electron chi connectivity index (χ3n) is 4.08. The van der Waals surface area contributed by atoms with E-state index < -0.39 is 5.91 Å². The summed E-state index contributed by atoms with van der Waals surface area (Å²) >= 11 is 0. The number of nitrogens with one attached hydrogen (secondary N) is 3. The van der Waals surface area contributed by atoms with Crippen molar-refractivity contribution < 1.29 is 4.79 Å². The molecule has 0 atom stereocenters. The molecule has 1 aliphatic carbocycles. The number of fused-ring (bicyclic) bond motifs is 1. The number of aromatic amines is 1. The highest BCUT2D eigenvalue weighted by atomic mass is 16.1. The fourth-order valence-corrected chi connectivity index (χ4v) is 2.53. The minimum atomic E-state index is -0.548. The zero-order chi connectivity index (χ0) is 16.5. The molecule has 1 saturated carbocycles. The maximum absolute atomic E-state index is 11.6. The molecule has 9 heteroatoms. The summed E-state index contributed by atoms with van der Waals surface area (Å²) in [5, 5.41) is 16.9. The summed E-state index contributed by atoms with van der Waals surface area (Å²) in [6, 6.07) is 5.89. The molecule has 9 nitrogen and oxygen atoms in total. The Morgan fingerprint density at radius 2 is 2.21 bits per heavy atom. The number of anilines is 3. The van der Waals surface area contributed by atoms with Gasteiger partial charge in [-0.1, -0.05) is 5.21 Å². The first kappa shape index (κ1) is 14.4. The van der Waals surface area contributed by atoms with Gasteiger partial charge >= 0.3 is 0 Å². The van der Waals surface area contributed by atoms with E-state index in [2.05, 4.69) is 36.0 Å². The number of carbonyl (C=O) groups is 1. The van der Waals surface area contributed by atoms with E-state index in [-0.39, 0.29) is 0 Å². The molecule has 4 rings (SSSR count). The standard InChI is InChI=1S/C15H16N8O/c16-13(24)10-7-17-15(20-14(10)18-8-2-1-3-8)19-9-4-5-11-12(6-9)22-23-21-11/h4-8H,1-3H2,(H2,16,24)(H,21,22,23)(H2,17,18,19,20). The Balaban J connectivity index is 1.61. The molecule has 5 N–H and O–H groups in total. The Hall–Kier alpha value is -3.23. The van der Waals surface area contributed by atoms with Crippen molar-refractivity contribution in [1.29, 1.82) is 0 Å². The third-order valence-corrected chi connectivity index (χ3v) is 4.08. The van der Waals surface area contributed by atoms with Gasteiger partial charge in [-0.05, 0) is 37.5 Å². The van der Waals surface area contributed by atoms with Crippen molar-refractivity contribution in [3.63, 3.8) is 0 Å². The number of hydrogen-bond donors (Lipinski definition) is 4. The Morgan fingerprint density at radius 1 is 1.33 bits per heavy atom. The number of nitrogens with two attached hydrogens (primary N) is 1. The van der Waals surface area contributed by atoms with Crippen LogP contribution in [0.15, 0.2) is 24.4 Å². The lowest BCUT2D eigenvalue weighted by Gasteiger charge is -2.27. The molecule has 24 heavy (non-hydrogen) atoms. The van der Waals surface area contributed by atoms with Crippen LogP contribution in [0.4, 0.5) is 17.5 Å². The van der Waals surface area contributed by atoms with Gasteiger partial charge in [0.15, 0.2) is 0 Å². The second-order valence-electron chi connectivity index (χ2n) is 5.76. The zero-order valence-electron chi connectivity index (χ0n) is 12.8. The SMILES string of the molecule is NC(=O)c1cnc(Nc2ccc3nn[nH]c3c2)nc1NC1CCC1. The third kappa shape index (κ3) is 2.71. The van der Waals surface area contributed by atoms with Crippen LogP contribution in [0.3, 0.4) is 0 Å². The summed E-state index contributed by atoms with van der Waals surface area (Å²) in [4.78, 5) is 20.1. The van der Waals surface area contributed by atoms with Crippen LogP contribution in [0.1, 0.15) is 29.6 Å². The Labute approximate surface area is 137 Å². The smallest absolute Gasteiger partial charge is 0.254 e. The monoisotopic (exact) mass is 324 g/mol.